The summed E-state index contributed by atoms with van der Waals surface area (Å²) in [4.78, 5) is 4.32. The van der Waals surface area contributed by atoms with E-state index in [1.165, 1.54) is 11.3 Å². The summed E-state index contributed by atoms with van der Waals surface area (Å²) in [6.45, 7) is 4.78. The molecular formula is C11H15N3. The monoisotopic (exact) mass is 189 g/mol. The van der Waals surface area contributed by atoms with Crippen LogP contribution in [0, 0.1) is 6.92 Å². The van der Waals surface area contributed by atoms with E-state index in [-0.39, 0.29) is 0 Å². The Bertz CT molecular complexity index is 344. The first kappa shape index (κ1) is 9.06. The summed E-state index contributed by atoms with van der Waals surface area (Å²) in [7, 11) is 0. The predicted molar refractivity (Wildman–Crippen MR) is 60.0 cm³/mol. The number of benzene rings is 1. The van der Waals surface area contributed by atoms with Crippen molar-refractivity contribution in [3.8, 4) is 0 Å². The van der Waals surface area contributed by atoms with Gasteiger partial charge >= 0.3 is 0 Å². The van der Waals surface area contributed by atoms with Crippen LogP contribution in [0.15, 0.2) is 29.3 Å². The first-order valence-corrected chi connectivity index (χ1v) is 4.93. The molecule has 0 bridgehead atoms. The average Bonchev–Trinajstić information content (AvgIpc) is 2.69. The highest BCUT2D eigenvalue weighted by atomic mass is 15.1. The zero-order valence-corrected chi connectivity index (χ0v) is 8.38. The van der Waals surface area contributed by atoms with Crippen LogP contribution < -0.4 is 10.6 Å². The van der Waals surface area contributed by atoms with Gasteiger partial charge in [0, 0.05) is 12.2 Å². The van der Waals surface area contributed by atoms with E-state index in [0.29, 0.717) is 0 Å². The molecule has 0 saturated carbocycles. The Morgan fingerprint density at radius 1 is 1.43 bits per heavy atom. The maximum absolute atomic E-state index is 4.32. The van der Waals surface area contributed by atoms with Crippen LogP contribution in [0.25, 0.3) is 0 Å². The van der Waals surface area contributed by atoms with Crippen molar-refractivity contribution in [3.63, 3.8) is 0 Å². The second-order valence-corrected chi connectivity index (χ2v) is 3.42. The van der Waals surface area contributed by atoms with Crippen LogP contribution in [0.2, 0.25) is 0 Å². The lowest BCUT2D eigenvalue weighted by atomic mass is 10.2. The van der Waals surface area contributed by atoms with E-state index >= 15 is 0 Å². The van der Waals surface area contributed by atoms with Gasteiger partial charge in [0.15, 0.2) is 0 Å². The number of anilines is 1. The lowest BCUT2D eigenvalue weighted by Crippen LogP contribution is -2.26. The molecule has 1 aromatic rings. The molecule has 0 aliphatic carbocycles. The number of hydrogen-bond acceptors (Lipinski definition) is 3. The molecule has 0 amide bonds. The van der Waals surface area contributed by atoms with Gasteiger partial charge in [-0.1, -0.05) is 18.2 Å². The SMILES string of the molecule is Cc1ccccc1NCC1=NCCN1. The summed E-state index contributed by atoms with van der Waals surface area (Å²) in [6.07, 6.45) is 0. The second-order valence-electron chi connectivity index (χ2n) is 3.42. The van der Waals surface area contributed by atoms with E-state index in [9.17, 15) is 0 Å². The summed E-state index contributed by atoms with van der Waals surface area (Å²) >= 11 is 0. The number of para-hydroxylation sites is 1. The third-order valence-electron chi connectivity index (χ3n) is 2.33. The summed E-state index contributed by atoms with van der Waals surface area (Å²) < 4.78 is 0. The first-order valence-electron chi connectivity index (χ1n) is 4.93. The fourth-order valence-corrected chi connectivity index (χ4v) is 1.52. The third-order valence-corrected chi connectivity index (χ3v) is 2.33. The van der Waals surface area contributed by atoms with Crippen LogP contribution in [0.5, 0.6) is 0 Å². The van der Waals surface area contributed by atoms with E-state index in [0.717, 1.165) is 25.5 Å². The molecule has 2 N–H and O–H groups in total. The van der Waals surface area contributed by atoms with Crippen molar-refractivity contribution in [1.29, 1.82) is 0 Å². The quantitative estimate of drug-likeness (QED) is 0.754. The van der Waals surface area contributed by atoms with Crippen LogP contribution in [-0.2, 0) is 0 Å². The molecule has 0 spiro atoms. The molecule has 2 rings (SSSR count). The second kappa shape index (κ2) is 4.13. The van der Waals surface area contributed by atoms with Crippen LogP contribution >= 0.6 is 0 Å². The normalized spacial score (nSPS) is 14.8. The van der Waals surface area contributed by atoms with Gasteiger partial charge in [-0.15, -0.1) is 0 Å². The number of rotatable bonds is 3. The maximum atomic E-state index is 4.32. The van der Waals surface area contributed by atoms with Gasteiger partial charge in [-0.05, 0) is 18.6 Å². The summed E-state index contributed by atoms with van der Waals surface area (Å²) in [5.74, 6) is 1.06. The highest BCUT2D eigenvalue weighted by Crippen LogP contribution is 2.12. The molecule has 0 aromatic heterocycles. The fraction of sp³-hybridized carbons (Fsp3) is 0.364. The maximum Gasteiger partial charge on any atom is 0.116 e. The van der Waals surface area contributed by atoms with Crippen LogP contribution in [-0.4, -0.2) is 25.5 Å². The van der Waals surface area contributed by atoms with Crippen molar-refractivity contribution in [3.05, 3.63) is 29.8 Å². The Kier molecular flexibility index (Phi) is 2.68. The van der Waals surface area contributed by atoms with Crippen molar-refractivity contribution < 1.29 is 0 Å². The zero-order chi connectivity index (χ0) is 9.80. The molecule has 74 valence electrons. The minimum atomic E-state index is 0.796. The molecule has 0 saturated heterocycles. The Hall–Kier alpha value is -1.51. The highest BCUT2D eigenvalue weighted by Gasteiger charge is 2.04. The number of nitrogens with one attached hydrogen (secondary N) is 2. The van der Waals surface area contributed by atoms with Gasteiger partial charge in [0.25, 0.3) is 0 Å². The average molecular weight is 189 g/mol. The van der Waals surface area contributed by atoms with E-state index in [2.05, 4.69) is 34.7 Å². The van der Waals surface area contributed by atoms with Gasteiger partial charge in [-0.25, -0.2) is 0 Å². The molecule has 3 heteroatoms. The molecule has 1 heterocycles. The number of hydrogen-bond donors (Lipinski definition) is 2. The molecule has 0 unspecified atom stereocenters. The van der Waals surface area contributed by atoms with Gasteiger partial charge in [0.1, 0.15) is 5.84 Å². The van der Waals surface area contributed by atoms with Crippen molar-refractivity contribution in [2.45, 2.75) is 6.92 Å². The largest absolute Gasteiger partial charge is 0.378 e. The van der Waals surface area contributed by atoms with Gasteiger partial charge in [-0.2, -0.15) is 0 Å². The highest BCUT2D eigenvalue weighted by molar-refractivity contribution is 5.87. The molecule has 0 fully saturated rings. The Morgan fingerprint density at radius 2 is 2.29 bits per heavy atom. The number of aryl methyl sites for hydroxylation is 1. The van der Waals surface area contributed by atoms with E-state index in [4.69, 9.17) is 0 Å². The smallest absolute Gasteiger partial charge is 0.116 e. The minimum absolute atomic E-state index is 0.796. The van der Waals surface area contributed by atoms with Gasteiger partial charge < -0.3 is 10.6 Å². The summed E-state index contributed by atoms with van der Waals surface area (Å²) in [6, 6.07) is 8.28. The van der Waals surface area contributed by atoms with E-state index in [1.54, 1.807) is 0 Å². The van der Waals surface area contributed by atoms with Crippen LogP contribution in [0.1, 0.15) is 5.56 Å². The number of nitrogens with zero attached hydrogens (tertiary/aromatic N) is 1. The third kappa shape index (κ3) is 2.05. The summed E-state index contributed by atoms with van der Waals surface area (Å²) in [5.41, 5.74) is 2.45. The first-order chi connectivity index (χ1) is 6.86. The Balaban J connectivity index is 1.94. The predicted octanol–water partition coefficient (Wildman–Crippen LogP) is 1.41. The van der Waals surface area contributed by atoms with Crippen molar-refractivity contribution >= 4 is 11.5 Å². The number of amidine groups is 1. The zero-order valence-electron chi connectivity index (χ0n) is 8.38. The Labute approximate surface area is 84.2 Å². The van der Waals surface area contributed by atoms with Crippen LogP contribution in [0.4, 0.5) is 5.69 Å². The van der Waals surface area contributed by atoms with Gasteiger partial charge in [0.2, 0.25) is 0 Å². The molecular weight excluding hydrogens is 174 g/mol. The van der Waals surface area contributed by atoms with Crippen LogP contribution in [0.3, 0.4) is 0 Å². The molecule has 1 aliphatic heterocycles. The van der Waals surface area contributed by atoms with Crippen molar-refractivity contribution in [1.82, 2.24) is 5.32 Å². The van der Waals surface area contributed by atoms with Gasteiger partial charge in [0.05, 0.1) is 13.1 Å². The minimum Gasteiger partial charge on any atom is -0.378 e. The molecule has 0 radical (unpaired) electrons. The lowest BCUT2D eigenvalue weighted by molar-refractivity contribution is 0.956. The topological polar surface area (TPSA) is 36.4 Å². The molecule has 1 aromatic carbocycles. The molecule has 14 heavy (non-hydrogen) atoms. The van der Waals surface area contributed by atoms with Gasteiger partial charge in [-0.3, -0.25) is 4.99 Å². The summed E-state index contributed by atoms with van der Waals surface area (Å²) in [5, 5.41) is 6.60. The fourth-order valence-electron chi connectivity index (χ4n) is 1.52. The Morgan fingerprint density at radius 3 is 3.00 bits per heavy atom. The van der Waals surface area contributed by atoms with Crippen molar-refractivity contribution in [2.75, 3.05) is 25.0 Å². The van der Waals surface area contributed by atoms with Crippen molar-refractivity contribution in [2.24, 2.45) is 4.99 Å². The lowest BCUT2D eigenvalue weighted by Gasteiger charge is -2.09. The molecule has 3 nitrogen and oxygen atoms in total. The van der Waals surface area contributed by atoms with E-state index < -0.39 is 0 Å². The number of aliphatic imine (C=N–C) groups is 1. The molecule has 0 atom stereocenters. The van der Waals surface area contributed by atoms with E-state index in [1.807, 2.05) is 12.1 Å². The molecule has 1 aliphatic rings. The standard InChI is InChI=1S/C11H15N3/c1-9-4-2-3-5-10(9)14-8-11-12-6-7-13-11/h2-5,14H,6-8H2,1H3,(H,12,13).